The lowest BCUT2D eigenvalue weighted by Crippen LogP contribution is -2.08. The molecule has 1 heterocycles. The third-order valence-electron chi connectivity index (χ3n) is 3.00. The van der Waals surface area contributed by atoms with Crippen LogP contribution in [-0.4, -0.2) is 24.3 Å². The lowest BCUT2D eigenvalue weighted by atomic mass is 9.98. The molecule has 1 aliphatic rings. The van der Waals surface area contributed by atoms with Crippen molar-refractivity contribution in [3.05, 3.63) is 0 Å². The normalized spacial score (nSPS) is 24.7. The van der Waals surface area contributed by atoms with E-state index >= 15 is 0 Å². The Morgan fingerprint density at radius 2 is 2.07 bits per heavy atom. The van der Waals surface area contributed by atoms with Crippen LogP contribution in [0.25, 0.3) is 0 Å². The molecule has 3 nitrogen and oxygen atoms in total. The monoisotopic (exact) mass is 214 g/mol. The zero-order chi connectivity index (χ0) is 11.5. The topological polar surface area (TPSA) is 38.8 Å². The second-order valence-corrected chi connectivity index (χ2v) is 5.02. The van der Waals surface area contributed by atoms with Crippen molar-refractivity contribution >= 4 is 5.97 Å². The average Bonchev–Trinajstić information content (AvgIpc) is 2.70. The van der Waals surface area contributed by atoms with Crippen molar-refractivity contribution in [1.82, 2.24) is 0 Å². The minimum Gasteiger partial charge on any atom is -0.466 e. The molecule has 0 spiro atoms. The largest absolute Gasteiger partial charge is 0.466 e. The Kier molecular flexibility index (Phi) is 4.14. The highest BCUT2D eigenvalue weighted by Gasteiger charge is 2.46. The quantitative estimate of drug-likeness (QED) is 0.504. The number of esters is 1. The number of carbonyl (C=O) groups is 1. The number of epoxide rings is 1. The Hall–Kier alpha value is -0.570. The summed E-state index contributed by atoms with van der Waals surface area (Å²) in [6.45, 7) is 8.44. The first-order chi connectivity index (χ1) is 6.92. The standard InChI is InChI=1S/C12H22O3/c1-9(7-8-14-10(2)13)5-6-11-12(3,4)15-11/h9,11H,5-8H2,1-4H3. The van der Waals surface area contributed by atoms with Gasteiger partial charge in [0.2, 0.25) is 0 Å². The summed E-state index contributed by atoms with van der Waals surface area (Å²) in [4.78, 5) is 10.5. The Morgan fingerprint density at radius 3 is 2.53 bits per heavy atom. The minimum absolute atomic E-state index is 0.107. The highest BCUT2D eigenvalue weighted by molar-refractivity contribution is 5.65. The van der Waals surface area contributed by atoms with Gasteiger partial charge in [0.25, 0.3) is 0 Å². The maximum Gasteiger partial charge on any atom is 0.302 e. The molecule has 2 atom stereocenters. The fourth-order valence-corrected chi connectivity index (χ4v) is 1.72. The maximum absolute atomic E-state index is 10.5. The molecule has 0 aromatic heterocycles. The zero-order valence-corrected chi connectivity index (χ0v) is 10.2. The first kappa shape index (κ1) is 12.5. The van der Waals surface area contributed by atoms with Crippen LogP contribution in [0.1, 0.15) is 47.0 Å². The van der Waals surface area contributed by atoms with Crippen LogP contribution >= 0.6 is 0 Å². The van der Waals surface area contributed by atoms with E-state index in [-0.39, 0.29) is 11.6 Å². The third kappa shape index (κ3) is 4.65. The van der Waals surface area contributed by atoms with Gasteiger partial charge in [-0.05, 0) is 39.0 Å². The summed E-state index contributed by atoms with van der Waals surface area (Å²) >= 11 is 0. The van der Waals surface area contributed by atoms with Gasteiger partial charge < -0.3 is 9.47 Å². The Balaban J connectivity index is 1.99. The summed E-state index contributed by atoms with van der Waals surface area (Å²) in [6, 6.07) is 0. The van der Waals surface area contributed by atoms with Crippen molar-refractivity contribution in [3.8, 4) is 0 Å². The van der Waals surface area contributed by atoms with Crippen molar-refractivity contribution in [2.24, 2.45) is 5.92 Å². The van der Waals surface area contributed by atoms with E-state index in [0.717, 1.165) is 19.3 Å². The van der Waals surface area contributed by atoms with E-state index in [2.05, 4.69) is 20.8 Å². The fourth-order valence-electron chi connectivity index (χ4n) is 1.72. The zero-order valence-electron chi connectivity index (χ0n) is 10.2. The van der Waals surface area contributed by atoms with E-state index in [4.69, 9.17) is 9.47 Å². The van der Waals surface area contributed by atoms with E-state index in [1.165, 1.54) is 6.92 Å². The van der Waals surface area contributed by atoms with Crippen molar-refractivity contribution < 1.29 is 14.3 Å². The van der Waals surface area contributed by atoms with Gasteiger partial charge in [0.05, 0.1) is 18.3 Å². The molecule has 1 rings (SSSR count). The molecule has 0 saturated carbocycles. The Labute approximate surface area is 92.1 Å². The molecule has 0 bridgehead atoms. The lowest BCUT2D eigenvalue weighted by Gasteiger charge is -2.10. The summed E-state index contributed by atoms with van der Waals surface area (Å²) in [7, 11) is 0. The number of hydrogen-bond acceptors (Lipinski definition) is 3. The lowest BCUT2D eigenvalue weighted by molar-refractivity contribution is -0.141. The molecule has 0 radical (unpaired) electrons. The first-order valence-electron chi connectivity index (χ1n) is 5.73. The van der Waals surface area contributed by atoms with Gasteiger partial charge in [-0.2, -0.15) is 0 Å². The third-order valence-corrected chi connectivity index (χ3v) is 3.00. The van der Waals surface area contributed by atoms with E-state index in [1.54, 1.807) is 0 Å². The number of carbonyl (C=O) groups excluding carboxylic acids is 1. The van der Waals surface area contributed by atoms with Crippen molar-refractivity contribution in [2.45, 2.75) is 58.7 Å². The molecule has 0 N–H and O–H groups in total. The summed E-state index contributed by atoms with van der Waals surface area (Å²) in [6.07, 6.45) is 3.66. The Morgan fingerprint density at radius 1 is 1.47 bits per heavy atom. The van der Waals surface area contributed by atoms with Crippen molar-refractivity contribution in [2.75, 3.05) is 6.61 Å². The second-order valence-electron chi connectivity index (χ2n) is 5.02. The number of hydrogen-bond donors (Lipinski definition) is 0. The number of ether oxygens (including phenoxy) is 2. The predicted molar refractivity (Wildman–Crippen MR) is 58.6 cm³/mol. The van der Waals surface area contributed by atoms with E-state index < -0.39 is 0 Å². The molecular weight excluding hydrogens is 192 g/mol. The van der Waals surface area contributed by atoms with Crippen molar-refractivity contribution in [3.63, 3.8) is 0 Å². The maximum atomic E-state index is 10.5. The SMILES string of the molecule is CC(=O)OCCC(C)CCC1OC1(C)C. The van der Waals surface area contributed by atoms with Gasteiger partial charge in [0, 0.05) is 6.92 Å². The van der Waals surface area contributed by atoms with Gasteiger partial charge in [-0.15, -0.1) is 0 Å². The summed E-state index contributed by atoms with van der Waals surface area (Å²) in [5.41, 5.74) is 0.107. The van der Waals surface area contributed by atoms with Gasteiger partial charge in [0.15, 0.2) is 0 Å². The molecule has 1 fully saturated rings. The van der Waals surface area contributed by atoms with Crippen LogP contribution in [0.5, 0.6) is 0 Å². The highest BCUT2D eigenvalue weighted by Crippen LogP contribution is 2.39. The summed E-state index contributed by atoms with van der Waals surface area (Å²) in [5, 5.41) is 0. The van der Waals surface area contributed by atoms with Crippen LogP contribution in [-0.2, 0) is 14.3 Å². The van der Waals surface area contributed by atoms with Gasteiger partial charge in [0.1, 0.15) is 0 Å². The van der Waals surface area contributed by atoms with Crippen LogP contribution in [0, 0.1) is 5.92 Å². The first-order valence-corrected chi connectivity index (χ1v) is 5.73. The number of rotatable bonds is 6. The van der Waals surface area contributed by atoms with Crippen LogP contribution in [0.2, 0.25) is 0 Å². The van der Waals surface area contributed by atoms with Crippen LogP contribution < -0.4 is 0 Å². The van der Waals surface area contributed by atoms with Crippen molar-refractivity contribution in [1.29, 1.82) is 0 Å². The molecule has 0 aromatic carbocycles. The molecule has 1 aliphatic heterocycles. The molecular formula is C12H22O3. The van der Waals surface area contributed by atoms with Gasteiger partial charge in [-0.25, -0.2) is 0 Å². The Bertz CT molecular complexity index is 223. The average molecular weight is 214 g/mol. The highest BCUT2D eigenvalue weighted by atomic mass is 16.6. The van der Waals surface area contributed by atoms with Gasteiger partial charge >= 0.3 is 5.97 Å². The van der Waals surface area contributed by atoms with E-state index in [1.807, 2.05) is 0 Å². The van der Waals surface area contributed by atoms with Crippen LogP contribution in [0.4, 0.5) is 0 Å². The van der Waals surface area contributed by atoms with Gasteiger partial charge in [-0.1, -0.05) is 6.92 Å². The molecule has 0 amide bonds. The molecule has 1 saturated heterocycles. The summed E-state index contributed by atoms with van der Waals surface area (Å²) in [5.74, 6) is 0.415. The predicted octanol–water partition coefficient (Wildman–Crippen LogP) is 2.53. The van der Waals surface area contributed by atoms with E-state index in [9.17, 15) is 4.79 Å². The molecule has 0 aromatic rings. The van der Waals surface area contributed by atoms with E-state index in [0.29, 0.717) is 18.6 Å². The van der Waals surface area contributed by atoms with Gasteiger partial charge in [-0.3, -0.25) is 4.79 Å². The molecule has 15 heavy (non-hydrogen) atoms. The smallest absolute Gasteiger partial charge is 0.302 e. The molecule has 0 aliphatic carbocycles. The summed E-state index contributed by atoms with van der Waals surface area (Å²) < 4.78 is 10.4. The fraction of sp³-hybridized carbons (Fsp3) is 0.917. The second kappa shape index (κ2) is 4.97. The van der Waals surface area contributed by atoms with Crippen LogP contribution in [0.15, 0.2) is 0 Å². The molecule has 2 unspecified atom stereocenters. The molecule has 3 heteroatoms. The molecule has 88 valence electrons. The van der Waals surface area contributed by atoms with Crippen LogP contribution in [0.3, 0.4) is 0 Å². The minimum atomic E-state index is -0.186.